The minimum absolute atomic E-state index is 0.0861. The van der Waals surface area contributed by atoms with Gasteiger partial charge in [0, 0.05) is 6.07 Å². The fraction of sp³-hybridized carbons (Fsp3) is 0.545. The molecular weight excluding hydrogens is 220 g/mol. The van der Waals surface area contributed by atoms with Gasteiger partial charge < -0.3 is 10.6 Å². The highest BCUT2D eigenvalue weighted by Gasteiger charge is 2.39. The lowest BCUT2D eigenvalue weighted by molar-refractivity contribution is -0.122. The average Bonchev–Trinajstić information content (AvgIpc) is 2.82. The minimum Gasteiger partial charge on any atom is -0.308 e. The zero-order valence-electron chi connectivity index (χ0n) is 9.75. The molecule has 1 fully saturated rings. The van der Waals surface area contributed by atoms with Crippen molar-refractivity contribution < 1.29 is 4.79 Å². The summed E-state index contributed by atoms with van der Waals surface area (Å²) in [6.45, 7) is 2.85. The number of anilines is 1. The van der Waals surface area contributed by atoms with Crippen LogP contribution in [0.25, 0.3) is 0 Å². The van der Waals surface area contributed by atoms with Crippen LogP contribution < -0.4 is 16.2 Å². The molecule has 1 aliphatic heterocycles. The second kappa shape index (κ2) is 4.67. The number of H-pyrrole nitrogens is 1. The van der Waals surface area contributed by atoms with Crippen LogP contribution >= 0.6 is 0 Å². The van der Waals surface area contributed by atoms with Crippen LogP contribution in [-0.4, -0.2) is 28.2 Å². The summed E-state index contributed by atoms with van der Waals surface area (Å²) in [6, 6.07) is 2.83. The summed E-state index contributed by atoms with van der Waals surface area (Å²) in [4.78, 5) is 23.0. The summed E-state index contributed by atoms with van der Waals surface area (Å²) in [7, 11) is 0. The van der Waals surface area contributed by atoms with Crippen molar-refractivity contribution in [3.8, 4) is 0 Å². The second-order valence-electron chi connectivity index (χ2n) is 4.23. The van der Waals surface area contributed by atoms with Gasteiger partial charge in [-0.05, 0) is 31.9 Å². The molecule has 1 aromatic heterocycles. The molecule has 0 bridgehead atoms. The molecule has 0 aliphatic carbocycles. The molecule has 1 aromatic rings. The molecular formula is C11H16N4O2. The van der Waals surface area contributed by atoms with E-state index in [1.165, 1.54) is 12.1 Å². The number of aromatic nitrogens is 2. The van der Waals surface area contributed by atoms with Crippen LogP contribution in [0, 0.1) is 0 Å². The first-order chi connectivity index (χ1) is 8.16. The van der Waals surface area contributed by atoms with E-state index in [4.69, 9.17) is 0 Å². The van der Waals surface area contributed by atoms with Gasteiger partial charge in [0.1, 0.15) is 0 Å². The highest BCUT2D eigenvalue weighted by atomic mass is 16.2. The smallest absolute Gasteiger partial charge is 0.264 e. The molecule has 0 radical (unpaired) electrons. The first-order valence-electron chi connectivity index (χ1n) is 5.78. The fourth-order valence-electron chi connectivity index (χ4n) is 2.11. The maximum Gasteiger partial charge on any atom is 0.264 e. The Labute approximate surface area is 98.8 Å². The van der Waals surface area contributed by atoms with E-state index in [1.54, 1.807) is 0 Å². The Morgan fingerprint density at radius 3 is 2.94 bits per heavy atom. The van der Waals surface area contributed by atoms with Gasteiger partial charge in [-0.1, -0.05) is 6.92 Å². The predicted octanol–water partition coefficient (Wildman–Crippen LogP) is 0.241. The molecule has 0 spiro atoms. The lowest BCUT2D eigenvalue weighted by Gasteiger charge is -2.26. The Bertz CT molecular complexity index is 442. The van der Waals surface area contributed by atoms with Gasteiger partial charge in [-0.25, -0.2) is 5.10 Å². The van der Waals surface area contributed by atoms with Gasteiger partial charge in [0.05, 0.1) is 5.54 Å². The van der Waals surface area contributed by atoms with E-state index in [9.17, 15) is 9.59 Å². The normalized spacial score (nSPS) is 23.6. The van der Waals surface area contributed by atoms with Crippen LogP contribution in [0.3, 0.4) is 0 Å². The first kappa shape index (κ1) is 11.8. The lowest BCUT2D eigenvalue weighted by Crippen LogP contribution is -2.50. The van der Waals surface area contributed by atoms with E-state index in [2.05, 4.69) is 20.8 Å². The molecule has 1 saturated heterocycles. The largest absolute Gasteiger partial charge is 0.308 e. The van der Waals surface area contributed by atoms with Crippen LogP contribution in [0.1, 0.15) is 26.2 Å². The van der Waals surface area contributed by atoms with E-state index in [0.717, 1.165) is 25.8 Å². The highest BCUT2D eigenvalue weighted by molar-refractivity contribution is 5.97. The Morgan fingerprint density at radius 1 is 1.59 bits per heavy atom. The van der Waals surface area contributed by atoms with E-state index >= 15 is 0 Å². The molecule has 92 valence electrons. The summed E-state index contributed by atoms with van der Waals surface area (Å²) in [6.07, 6.45) is 2.57. The Morgan fingerprint density at radius 2 is 2.41 bits per heavy atom. The van der Waals surface area contributed by atoms with Gasteiger partial charge in [0.15, 0.2) is 5.82 Å². The highest BCUT2D eigenvalue weighted by Crippen LogP contribution is 2.24. The number of nitrogens with one attached hydrogen (secondary N) is 3. The zero-order chi connectivity index (χ0) is 12.3. The summed E-state index contributed by atoms with van der Waals surface area (Å²) in [5, 5.41) is 12.0. The molecule has 1 amide bonds. The average molecular weight is 236 g/mol. The lowest BCUT2D eigenvalue weighted by atomic mass is 9.93. The van der Waals surface area contributed by atoms with Gasteiger partial charge in [-0.15, -0.1) is 0 Å². The maximum atomic E-state index is 12.1. The van der Waals surface area contributed by atoms with Crippen molar-refractivity contribution in [2.75, 3.05) is 11.9 Å². The number of carbonyl (C=O) groups is 1. The van der Waals surface area contributed by atoms with Crippen LogP contribution in [0.5, 0.6) is 0 Å². The molecule has 3 N–H and O–H groups in total. The van der Waals surface area contributed by atoms with E-state index < -0.39 is 5.54 Å². The Balaban J connectivity index is 2.10. The fourth-order valence-corrected chi connectivity index (χ4v) is 2.11. The SMILES string of the molecule is CCC1(C(=O)Nc2ccc(=O)[nH]n2)CCCN1. The number of rotatable bonds is 3. The summed E-state index contributed by atoms with van der Waals surface area (Å²) < 4.78 is 0. The number of aromatic amines is 1. The minimum atomic E-state index is -0.488. The van der Waals surface area contributed by atoms with Crippen molar-refractivity contribution >= 4 is 11.7 Å². The van der Waals surface area contributed by atoms with Crippen molar-refractivity contribution in [1.82, 2.24) is 15.5 Å². The Hall–Kier alpha value is -1.69. The number of hydrogen-bond acceptors (Lipinski definition) is 4. The molecule has 2 heterocycles. The van der Waals surface area contributed by atoms with Crippen molar-refractivity contribution in [2.24, 2.45) is 0 Å². The summed E-state index contributed by atoms with van der Waals surface area (Å²) in [5.41, 5.74) is -0.773. The van der Waals surface area contributed by atoms with Crippen molar-refractivity contribution in [3.63, 3.8) is 0 Å². The van der Waals surface area contributed by atoms with Gasteiger partial charge in [-0.3, -0.25) is 9.59 Å². The molecule has 0 aromatic carbocycles. The molecule has 2 rings (SSSR count). The number of hydrogen-bond donors (Lipinski definition) is 3. The van der Waals surface area contributed by atoms with Crippen LogP contribution in [0.15, 0.2) is 16.9 Å². The number of carbonyl (C=O) groups excluding carboxylic acids is 1. The third kappa shape index (κ3) is 2.36. The predicted molar refractivity (Wildman–Crippen MR) is 63.7 cm³/mol. The maximum absolute atomic E-state index is 12.1. The van der Waals surface area contributed by atoms with Crippen molar-refractivity contribution in [3.05, 3.63) is 22.5 Å². The molecule has 1 atom stereocenters. The number of nitrogens with zero attached hydrogens (tertiary/aromatic N) is 1. The third-order valence-electron chi connectivity index (χ3n) is 3.20. The van der Waals surface area contributed by atoms with Crippen LogP contribution in [0.4, 0.5) is 5.82 Å². The molecule has 1 aliphatic rings. The molecule has 1 unspecified atom stereocenters. The topological polar surface area (TPSA) is 86.9 Å². The summed E-state index contributed by atoms with van der Waals surface area (Å²) in [5.74, 6) is 0.285. The van der Waals surface area contributed by atoms with Gasteiger partial charge in [-0.2, -0.15) is 5.10 Å². The van der Waals surface area contributed by atoms with Crippen LogP contribution in [-0.2, 0) is 4.79 Å². The zero-order valence-corrected chi connectivity index (χ0v) is 9.75. The van der Waals surface area contributed by atoms with Crippen LogP contribution in [0.2, 0.25) is 0 Å². The van der Waals surface area contributed by atoms with E-state index in [0.29, 0.717) is 5.82 Å². The standard InChI is InChI=1S/C11H16N4O2/c1-2-11(6-3-7-12-11)10(17)13-8-4-5-9(16)15-14-8/h4-5,12H,2-3,6-7H2,1H3,(H,15,16)(H,13,14,17). The van der Waals surface area contributed by atoms with Gasteiger partial charge >= 0.3 is 0 Å². The molecule has 6 nitrogen and oxygen atoms in total. The van der Waals surface area contributed by atoms with Gasteiger partial charge in [0.2, 0.25) is 5.91 Å². The quantitative estimate of drug-likeness (QED) is 0.701. The van der Waals surface area contributed by atoms with E-state index in [1.807, 2.05) is 6.92 Å². The number of amides is 1. The van der Waals surface area contributed by atoms with Gasteiger partial charge in [0.25, 0.3) is 5.56 Å². The van der Waals surface area contributed by atoms with Crippen molar-refractivity contribution in [1.29, 1.82) is 0 Å². The monoisotopic (exact) mass is 236 g/mol. The molecule has 0 saturated carbocycles. The Kier molecular flexibility index (Phi) is 3.23. The van der Waals surface area contributed by atoms with E-state index in [-0.39, 0.29) is 11.5 Å². The van der Waals surface area contributed by atoms with Crippen molar-refractivity contribution in [2.45, 2.75) is 31.7 Å². The third-order valence-corrected chi connectivity index (χ3v) is 3.20. The summed E-state index contributed by atoms with van der Waals surface area (Å²) >= 11 is 0. The first-order valence-corrected chi connectivity index (χ1v) is 5.78. The second-order valence-corrected chi connectivity index (χ2v) is 4.23. The molecule has 6 heteroatoms. The molecule has 17 heavy (non-hydrogen) atoms.